The van der Waals surface area contributed by atoms with Gasteiger partial charge in [0, 0.05) is 43.9 Å². The summed E-state index contributed by atoms with van der Waals surface area (Å²) in [5.74, 6) is -0.338. The van der Waals surface area contributed by atoms with E-state index in [1.807, 2.05) is 24.1 Å². The predicted octanol–water partition coefficient (Wildman–Crippen LogP) is 3.13. The third-order valence-electron chi connectivity index (χ3n) is 5.87. The molecule has 2 aromatic rings. The van der Waals surface area contributed by atoms with E-state index < -0.39 is 0 Å². The average Bonchev–Trinajstić information content (AvgIpc) is 3.18. The molecule has 7 nitrogen and oxygen atoms in total. The quantitative estimate of drug-likeness (QED) is 0.712. The molecule has 1 aromatic carbocycles. The fraction of sp³-hybridized carbons (Fsp3) is 0.476. The lowest BCUT2D eigenvalue weighted by atomic mass is 9.94. The summed E-state index contributed by atoms with van der Waals surface area (Å²) in [7, 11) is 1.87. The van der Waals surface area contributed by atoms with Gasteiger partial charge in [0.05, 0.1) is 11.3 Å². The highest BCUT2D eigenvalue weighted by Gasteiger charge is 2.26. The summed E-state index contributed by atoms with van der Waals surface area (Å²) in [5.41, 5.74) is 3.36. The topological polar surface area (TPSA) is 90.1 Å². The van der Waals surface area contributed by atoms with E-state index in [9.17, 15) is 9.59 Å². The zero-order chi connectivity index (χ0) is 19.5. The molecule has 1 aliphatic carbocycles. The van der Waals surface area contributed by atoms with Crippen molar-refractivity contribution in [3.8, 4) is 0 Å². The number of carbonyl (C=O) groups excluding carboxylic acids is 2. The number of aromatic amines is 1. The van der Waals surface area contributed by atoms with Crippen LogP contribution >= 0.6 is 12.4 Å². The first kappa shape index (κ1) is 21.3. The average molecular weight is 418 g/mol. The molecule has 4 rings (SSSR count). The molecule has 0 bridgehead atoms. The number of hydrogen-bond donors (Lipinski definition) is 3. The van der Waals surface area contributed by atoms with Crippen molar-refractivity contribution in [2.45, 2.75) is 51.1 Å². The number of fused-ring (bicyclic) bond motifs is 1. The summed E-state index contributed by atoms with van der Waals surface area (Å²) in [6, 6.07) is 7.48. The largest absolute Gasteiger partial charge is 0.339 e. The Morgan fingerprint density at radius 3 is 2.72 bits per heavy atom. The van der Waals surface area contributed by atoms with Crippen LogP contribution in [0.2, 0.25) is 0 Å². The maximum atomic E-state index is 13.1. The number of carbonyl (C=O) groups is 2. The minimum Gasteiger partial charge on any atom is -0.339 e. The van der Waals surface area contributed by atoms with E-state index in [4.69, 9.17) is 0 Å². The highest BCUT2D eigenvalue weighted by Crippen LogP contribution is 2.25. The molecular formula is C21H28ClN5O2. The summed E-state index contributed by atoms with van der Waals surface area (Å²) < 4.78 is 0. The number of anilines is 1. The Bertz CT molecular complexity index is 876. The van der Waals surface area contributed by atoms with Crippen LogP contribution < -0.4 is 10.6 Å². The highest BCUT2D eigenvalue weighted by atomic mass is 35.5. The Morgan fingerprint density at radius 2 is 1.93 bits per heavy atom. The number of aromatic nitrogens is 2. The smallest absolute Gasteiger partial charge is 0.276 e. The van der Waals surface area contributed by atoms with Gasteiger partial charge in [-0.25, -0.2) is 0 Å². The fourth-order valence-electron chi connectivity index (χ4n) is 4.20. The van der Waals surface area contributed by atoms with Crippen molar-refractivity contribution >= 4 is 29.9 Å². The summed E-state index contributed by atoms with van der Waals surface area (Å²) in [5, 5.41) is 13.3. The third-order valence-corrected chi connectivity index (χ3v) is 5.87. The molecular weight excluding hydrogens is 390 g/mol. The van der Waals surface area contributed by atoms with Crippen LogP contribution in [0.15, 0.2) is 24.3 Å². The normalized spacial score (nSPS) is 16.4. The van der Waals surface area contributed by atoms with Gasteiger partial charge in [-0.3, -0.25) is 14.7 Å². The Balaban J connectivity index is 0.00000240. The second kappa shape index (κ2) is 9.41. The molecule has 29 heavy (non-hydrogen) atoms. The van der Waals surface area contributed by atoms with Crippen LogP contribution in [0.4, 0.5) is 5.69 Å². The lowest BCUT2D eigenvalue weighted by molar-refractivity contribution is 0.0697. The van der Waals surface area contributed by atoms with Crippen LogP contribution in [-0.2, 0) is 13.0 Å². The molecule has 1 aliphatic heterocycles. The van der Waals surface area contributed by atoms with Gasteiger partial charge < -0.3 is 15.5 Å². The first-order valence-corrected chi connectivity index (χ1v) is 10.1. The van der Waals surface area contributed by atoms with E-state index in [0.29, 0.717) is 23.5 Å². The van der Waals surface area contributed by atoms with Crippen molar-refractivity contribution in [2.75, 3.05) is 18.9 Å². The van der Waals surface area contributed by atoms with Gasteiger partial charge in [-0.05, 0) is 25.0 Å². The Labute approximate surface area is 177 Å². The number of hydrogen-bond acceptors (Lipinski definition) is 4. The zero-order valence-corrected chi connectivity index (χ0v) is 17.5. The number of halogens is 1. The monoisotopic (exact) mass is 417 g/mol. The van der Waals surface area contributed by atoms with E-state index in [2.05, 4.69) is 20.8 Å². The molecule has 156 valence electrons. The van der Waals surface area contributed by atoms with Gasteiger partial charge in [-0.2, -0.15) is 5.10 Å². The predicted molar refractivity (Wildman–Crippen MR) is 115 cm³/mol. The molecule has 0 spiro atoms. The summed E-state index contributed by atoms with van der Waals surface area (Å²) in [4.78, 5) is 27.8. The van der Waals surface area contributed by atoms with Gasteiger partial charge >= 0.3 is 0 Å². The highest BCUT2D eigenvalue weighted by molar-refractivity contribution is 6.08. The molecule has 1 aromatic heterocycles. The lowest BCUT2D eigenvalue weighted by Crippen LogP contribution is -2.38. The standard InChI is InChI=1S/C21H27N5O2.ClH/c1-26(14-7-3-2-4-8-14)21(28)15-9-5-6-10-17(15)23-20(27)19-16-13-22-12-11-18(16)24-25-19;/h5-6,9-10,14,22H,2-4,7-8,11-13H2,1H3,(H,23,27)(H,24,25);1H. The number of H-pyrrole nitrogens is 1. The minimum atomic E-state index is -0.290. The number of rotatable bonds is 4. The van der Waals surface area contributed by atoms with E-state index in [1.54, 1.807) is 12.1 Å². The van der Waals surface area contributed by atoms with Gasteiger partial charge in [-0.1, -0.05) is 31.4 Å². The number of amides is 2. The zero-order valence-electron chi connectivity index (χ0n) is 16.7. The van der Waals surface area contributed by atoms with Crippen LogP contribution in [0.1, 0.15) is 64.2 Å². The van der Waals surface area contributed by atoms with Crippen molar-refractivity contribution in [2.24, 2.45) is 0 Å². The summed E-state index contributed by atoms with van der Waals surface area (Å²) >= 11 is 0. The molecule has 0 saturated heterocycles. The van der Waals surface area contributed by atoms with E-state index in [0.717, 1.165) is 37.1 Å². The number of para-hydroxylation sites is 1. The summed E-state index contributed by atoms with van der Waals surface area (Å²) in [6.45, 7) is 1.50. The second-order valence-electron chi connectivity index (χ2n) is 7.66. The van der Waals surface area contributed by atoms with Crippen molar-refractivity contribution < 1.29 is 9.59 Å². The van der Waals surface area contributed by atoms with Crippen LogP contribution in [0.3, 0.4) is 0 Å². The molecule has 2 aliphatic rings. The summed E-state index contributed by atoms with van der Waals surface area (Å²) in [6.07, 6.45) is 6.50. The van der Waals surface area contributed by atoms with Crippen molar-refractivity contribution in [1.29, 1.82) is 0 Å². The van der Waals surface area contributed by atoms with E-state index in [1.165, 1.54) is 19.3 Å². The molecule has 0 atom stereocenters. The van der Waals surface area contributed by atoms with E-state index >= 15 is 0 Å². The Morgan fingerprint density at radius 1 is 1.17 bits per heavy atom. The molecule has 2 amide bonds. The third kappa shape index (κ3) is 4.46. The van der Waals surface area contributed by atoms with Gasteiger partial charge in [0.1, 0.15) is 0 Å². The first-order valence-electron chi connectivity index (χ1n) is 10.1. The first-order chi connectivity index (χ1) is 13.6. The van der Waals surface area contributed by atoms with Crippen LogP contribution in [0.25, 0.3) is 0 Å². The number of nitrogens with one attached hydrogen (secondary N) is 3. The van der Waals surface area contributed by atoms with Crippen molar-refractivity contribution in [3.63, 3.8) is 0 Å². The lowest BCUT2D eigenvalue weighted by Gasteiger charge is -2.31. The fourth-order valence-corrected chi connectivity index (χ4v) is 4.20. The minimum absolute atomic E-state index is 0. The SMILES string of the molecule is CN(C(=O)c1ccccc1NC(=O)c1n[nH]c2c1CNCC2)C1CCCCC1.Cl. The second-order valence-corrected chi connectivity index (χ2v) is 7.66. The number of nitrogens with zero attached hydrogens (tertiary/aromatic N) is 2. The number of benzene rings is 1. The van der Waals surface area contributed by atoms with E-state index in [-0.39, 0.29) is 30.3 Å². The Hall–Kier alpha value is -2.38. The molecule has 1 fully saturated rings. The van der Waals surface area contributed by atoms with Crippen molar-refractivity contribution in [1.82, 2.24) is 20.4 Å². The molecule has 3 N–H and O–H groups in total. The molecule has 1 saturated carbocycles. The van der Waals surface area contributed by atoms with Crippen LogP contribution in [-0.4, -0.2) is 46.5 Å². The van der Waals surface area contributed by atoms with Gasteiger partial charge in [0.2, 0.25) is 0 Å². The Kier molecular flexibility index (Phi) is 6.92. The maximum absolute atomic E-state index is 13.1. The van der Waals surface area contributed by atoms with Gasteiger partial charge in [0.15, 0.2) is 5.69 Å². The van der Waals surface area contributed by atoms with Crippen LogP contribution in [0.5, 0.6) is 0 Å². The maximum Gasteiger partial charge on any atom is 0.276 e. The molecule has 0 radical (unpaired) electrons. The molecule has 0 unspecified atom stereocenters. The van der Waals surface area contributed by atoms with Gasteiger partial charge in [0.25, 0.3) is 11.8 Å². The molecule has 8 heteroatoms. The van der Waals surface area contributed by atoms with Gasteiger partial charge in [-0.15, -0.1) is 12.4 Å². The van der Waals surface area contributed by atoms with Crippen LogP contribution in [0, 0.1) is 0 Å². The van der Waals surface area contributed by atoms with Crippen molar-refractivity contribution in [3.05, 3.63) is 46.8 Å². The molecule has 2 heterocycles.